The number of benzene rings is 1. The molecule has 5 rings (SSSR count). The van der Waals surface area contributed by atoms with E-state index in [4.69, 9.17) is 4.74 Å². The van der Waals surface area contributed by atoms with Crippen LogP contribution in [-0.2, 0) is 4.74 Å². The Hall–Kier alpha value is -1.84. The lowest BCUT2D eigenvalue weighted by atomic mass is 9.82. The van der Waals surface area contributed by atoms with Crippen molar-refractivity contribution in [2.45, 2.75) is 44.6 Å². The monoisotopic (exact) mass is 312 g/mol. The summed E-state index contributed by atoms with van der Waals surface area (Å²) in [5, 5.41) is 9.26. The van der Waals surface area contributed by atoms with Crippen molar-refractivity contribution in [2.75, 3.05) is 0 Å². The third-order valence-corrected chi connectivity index (χ3v) is 6.99. The molecule has 1 N–H and O–H groups in total. The molecule has 120 valence electrons. The molecule has 2 spiro atoms. The van der Waals surface area contributed by atoms with Crippen LogP contribution < -0.4 is 0 Å². The van der Waals surface area contributed by atoms with E-state index in [-0.39, 0.29) is 17.2 Å². The number of hydrogen-bond acceptors (Lipinski definition) is 3. The number of fused-ring (bicyclic) bond motifs is 1. The van der Waals surface area contributed by atoms with Crippen LogP contribution in [0, 0.1) is 22.7 Å². The number of hydrogen-bond donors (Lipinski definition) is 1. The zero-order valence-electron chi connectivity index (χ0n) is 13.0. The summed E-state index contributed by atoms with van der Waals surface area (Å²) in [7, 11) is 0. The van der Waals surface area contributed by atoms with Gasteiger partial charge in [-0.3, -0.25) is 0 Å². The molecule has 0 saturated heterocycles. The number of carboxylic acids is 1. The highest BCUT2D eigenvalue weighted by Crippen LogP contribution is 2.82. The summed E-state index contributed by atoms with van der Waals surface area (Å²) in [4.78, 5) is 23.9. The Morgan fingerprint density at radius 1 is 1.09 bits per heavy atom. The molecule has 4 aliphatic rings. The second kappa shape index (κ2) is 4.16. The molecule has 23 heavy (non-hydrogen) atoms. The van der Waals surface area contributed by atoms with E-state index in [0.29, 0.717) is 16.7 Å². The van der Waals surface area contributed by atoms with Gasteiger partial charge in [0.1, 0.15) is 6.10 Å². The molecule has 0 unspecified atom stereocenters. The van der Waals surface area contributed by atoms with Crippen molar-refractivity contribution in [1.82, 2.24) is 0 Å². The highest BCUT2D eigenvalue weighted by atomic mass is 16.5. The van der Waals surface area contributed by atoms with Crippen molar-refractivity contribution in [3.8, 4) is 0 Å². The summed E-state index contributed by atoms with van der Waals surface area (Å²) in [6.45, 7) is 0. The first-order valence-electron chi connectivity index (χ1n) is 8.59. The fourth-order valence-electron chi connectivity index (χ4n) is 5.89. The number of aromatic carboxylic acids is 1. The van der Waals surface area contributed by atoms with Gasteiger partial charge in [-0.15, -0.1) is 0 Å². The van der Waals surface area contributed by atoms with Crippen molar-refractivity contribution in [3.63, 3.8) is 0 Å². The van der Waals surface area contributed by atoms with Crippen LogP contribution in [0.4, 0.5) is 0 Å². The lowest BCUT2D eigenvalue weighted by Gasteiger charge is -2.30. The van der Waals surface area contributed by atoms with Crippen molar-refractivity contribution in [3.05, 3.63) is 35.4 Å². The van der Waals surface area contributed by atoms with Gasteiger partial charge in [-0.2, -0.15) is 0 Å². The quantitative estimate of drug-likeness (QED) is 0.868. The van der Waals surface area contributed by atoms with Gasteiger partial charge in [0, 0.05) is 5.92 Å². The fraction of sp³-hybridized carbons (Fsp3) is 0.579. The zero-order valence-corrected chi connectivity index (χ0v) is 13.0. The minimum absolute atomic E-state index is 0.00639. The van der Waals surface area contributed by atoms with Crippen molar-refractivity contribution in [2.24, 2.45) is 22.7 Å². The van der Waals surface area contributed by atoms with Gasteiger partial charge in [-0.25, -0.2) is 9.59 Å². The van der Waals surface area contributed by atoms with Crippen LogP contribution in [0.15, 0.2) is 24.3 Å². The number of rotatable bonds is 3. The Labute approximate surface area is 134 Å². The van der Waals surface area contributed by atoms with Crippen LogP contribution in [0.2, 0.25) is 0 Å². The predicted molar refractivity (Wildman–Crippen MR) is 82.2 cm³/mol. The Balaban J connectivity index is 1.41. The summed E-state index contributed by atoms with van der Waals surface area (Å²) in [5.74, 6) is -0.293. The van der Waals surface area contributed by atoms with Crippen LogP contribution in [0.25, 0.3) is 0 Å². The molecule has 0 heterocycles. The van der Waals surface area contributed by atoms with Gasteiger partial charge in [0.15, 0.2) is 0 Å². The summed E-state index contributed by atoms with van der Waals surface area (Å²) >= 11 is 0. The van der Waals surface area contributed by atoms with Gasteiger partial charge in [0.25, 0.3) is 0 Å². The Morgan fingerprint density at radius 2 is 1.78 bits per heavy atom. The Morgan fingerprint density at radius 3 is 2.35 bits per heavy atom. The molecule has 1 aromatic carbocycles. The van der Waals surface area contributed by atoms with E-state index in [0.717, 1.165) is 12.3 Å². The Kier molecular flexibility index (Phi) is 2.46. The molecule has 4 saturated carbocycles. The normalized spacial score (nSPS) is 33.8. The first-order valence-corrected chi connectivity index (χ1v) is 8.59. The highest BCUT2D eigenvalue weighted by Gasteiger charge is 2.76. The second-order valence-electron chi connectivity index (χ2n) is 8.00. The zero-order chi connectivity index (χ0) is 15.8. The third-order valence-electron chi connectivity index (χ3n) is 6.99. The molecule has 2 bridgehead atoms. The van der Waals surface area contributed by atoms with E-state index in [9.17, 15) is 14.7 Å². The smallest absolute Gasteiger partial charge is 0.339 e. The van der Waals surface area contributed by atoms with Crippen LogP contribution in [0.5, 0.6) is 0 Å². The van der Waals surface area contributed by atoms with E-state index in [1.807, 2.05) is 0 Å². The van der Waals surface area contributed by atoms with Gasteiger partial charge in [0.05, 0.1) is 11.1 Å². The first kappa shape index (κ1) is 13.6. The lowest BCUT2D eigenvalue weighted by Crippen LogP contribution is -2.32. The maximum absolute atomic E-state index is 12.6. The SMILES string of the molecule is O=C(O)c1ccccc1C(=O)O[C@@H]1C[C@H]2CC3(CC3)[C@H]1C21CC1. The average Bonchev–Trinajstić information content (AvgIpc) is 3.42. The highest BCUT2D eigenvalue weighted by molar-refractivity contribution is 6.02. The summed E-state index contributed by atoms with van der Waals surface area (Å²) in [6, 6.07) is 6.34. The predicted octanol–water partition coefficient (Wildman–Crippen LogP) is 3.51. The van der Waals surface area contributed by atoms with Crippen LogP contribution >= 0.6 is 0 Å². The van der Waals surface area contributed by atoms with E-state index >= 15 is 0 Å². The van der Waals surface area contributed by atoms with Gasteiger partial charge in [-0.1, -0.05) is 12.1 Å². The number of carbonyl (C=O) groups excluding carboxylic acids is 1. The molecular weight excluding hydrogens is 292 g/mol. The molecule has 4 fully saturated rings. The summed E-state index contributed by atoms with van der Waals surface area (Å²) < 4.78 is 5.87. The standard InChI is InChI=1S/C19H20O4/c20-16(21)12-3-1-2-4-13(12)17(22)23-14-9-11-10-18(5-6-18)15(14)19(11)7-8-19/h1-4,11,14-15H,5-10H2,(H,20,21)/t11-,14+,15-/m0/s1. The van der Waals surface area contributed by atoms with Crippen molar-refractivity contribution < 1.29 is 19.4 Å². The summed E-state index contributed by atoms with van der Waals surface area (Å²) in [5.41, 5.74) is 1.13. The van der Waals surface area contributed by atoms with E-state index in [1.54, 1.807) is 18.2 Å². The van der Waals surface area contributed by atoms with E-state index < -0.39 is 11.9 Å². The minimum Gasteiger partial charge on any atom is -0.478 e. The molecule has 0 aliphatic heterocycles. The average molecular weight is 312 g/mol. The van der Waals surface area contributed by atoms with Crippen LogP contribution in [-0.4, -0.2) is 23.1 Å². The molecule has 4 nitrogen and oxygen atoms in total. The number of carbonyl (C=O) groups is 2. The lowest BCUT2D eigenvalue weighted by molar-refractivity contribution is -0.000697. The molecule has 4 heteroatoms. The van der Waals surface area contributed by atoms with E-state index in [1.165, 1.54) is 38.2 Å². The van der Waals surface area contributed by atoms with Gasteiger partial charge in [0.2, 0.25) is 0 Å². The molecule has 3 atom stereocenters. The summed E-state index contributed by atoms with van der Waals surface area (Å²) in [6.07, 6.45) is 7.47. The largest absolute Gasteiger partial charge is 0.478 e. The molecule has 0 radical (unpaired) electrons. The van der Waals surface area contributed by atoms with Crippen LogP contribution in [0.3, 0.4) is 0 Å². The van der Waals surface area contributed by atoms with Crippen molar-refractivity contribution in [1.29, 1.82) is 0 Å². The van der Waals surface area contributed by atoms with Crippen molar-refractivity contribution >= 4 is 11.9 Å². The molecule has 4 aliphatic carbocycles. The maximum Gasteiger partial charge on any atom is 0.339 e. The van der Waals surface area contributed by atoms with Crippen LogP contribution in [0.1, 0.15) is 59.2 Å². The minimum atomic E-state index is -1.08. The van der Waals surface area contributed by atoms with Gasteiger partial charge < -0.3 is 9.84 Å². The number of ether oxygens (including phenoxy) is 1. The number of carboxylic acid groups (broad SMARTS) is 1. The Bertz CT molecular complexity index is 714. The molecule has 0 aromatic heterocycles. The molecule has 1 aromatic rings. The number of esters is 1. The third kappa shape index (κ3) is 1.72. The van der Waals surface area contributed by atoms with Gasteiger partial charge >= 0.3 is 11.9 Å². The molecular formula is C19H20O4. The second-order valence-corrected chi connectivity index (χ2v) is 8.00. The maximum atomic E-state index is 12.6. The molecule has 0 amide bonds. The first-order chi connectivity index (χ1) is 11.1. The topological polar surface area (TPSA) is 63.6 Å². The van der Waals surface area contributed by atoms with Gasteiger partial charge in [-0.05, 0) is 67.4 Å². The fourth-order valence-corrected chi connectivity index (χ4v) is 5.89. The van der Waals surface area contributed by atoms with E-state index in [2.05, 4.69) is 0 Å².